The third kappa shape index (κ3) is 3.05. The molecule has 0 aliphatic rings. The first-order chi connectivity index (χ1) is 6.63. The van der Waals surface area contributed by atoms with Crippen LogP contribution in [0.25, 0.3) is 0 Å². The second kappa shape index (κ2) is 5.02. The molecule has 0 bridgehead atoms. The fourth-order valence-electron chi connectivity index (χ4n) is 0.966. The van der Waals surface area contributed by atoms with E-state index in [0.717, 1.165) is 10.5 Å². The van der Waals surface area contributed by atoms with Crippen molar-refractivity contribution < 1.29 is 4.79 Å². The number of primary amides is 1. The van der Waals surface area contributed by atoms with E-state index in [0.29, 0.717) is 6.54 Å². The summed E-state index contributed by atoms with van der Waals surface area (Å²) in [7, 11) is 0. The average Bonchev–Trinajstić information content (AvgIpc) is 2.19. The van der Waals surface area contributed by atoms with Crippen LogP contribution in [0.1, 0.15) is 12.5 Å². The van der Waals surface area contributed by atoms with Crippen LogP contribution in [0.15, 0.2) is 29.2 Å². The SMILES string of the molecule is CC(Sc1ccc(CN)cc1)C(N)=O. The van der Waals surface area contributed by atoms with Crippen LogP contribution in [-0.4, -0.2) is 11.2 Å². The van der Waals surface area contributed by atoms with Gasteiger partial charge in [0.25, 0.3) is 0 Å². The van der Waals surface area contributed by atoms with E-state index in [-0.39, 0.29) is 11.2 Å². The van der Waals surface area contributed by atoms with E-state index in [1.165, 1.54) is 11.8 Å². The molecule has 0 fully saturated rings. The summed E-state index contributed by atoms with van der Waals surface area (Å²) in [5.74, 6) is -0.294. The maximum absolute atomic E-state index is 10.8. The van der Waals surface area contributed by atoms with Gasteiger partial charge >= 0.3 is 0 Å². The summed E-state index contributed by atoms with van der Waals surface area (Å²) in [6.07, 6.45) is 0. The zero-order chi connectivity index (χ0) is 10.6. The van der Waals surface area contributed by atoms with Gasteiger partial charge in [-0.3, -0.25) is 4.79 Å². The summed E-state index contributed by atoms with van der Waals surface area (Å²) in [6, 6.07) is 7.81. The molecule has 0 aliphatic carbocycles. The molecule has 4 N–H and O–H groups in total. The molecule has 1 aromatic rings. The van der Waals surface area contributed by atoms with Crippen molar-refractivity contribution in [2.24, 2.45) is 11.5 Å². The Labute approximate surface area is 87.9 Å². The van der Waals surface area contributed by atoms with Gasteiger partial charge in [-0.1, -0.05) is 12.1 Å². The predicted octanol–water partition coefficient (Wildman–Crippen LogP) is 1.11. The highest BCUT2D eigenvalue weighted by Crippen LogP contribution is 2.22. The van der Waals surface area contributed by atoms with Crippen LogP contribution in [0.3, 0.4) is 0 Å². The summed E-state index contributed by atoms with van der Waals surface area (Å²) in [5, 5.41) is -0.196. The van der Waals surface area contributed by atoms with Gasteiger partial charge in [0.1, 0.15) is 0 Å². The first kappa shape index (κ1) is 11.1. The first-order valence-corrected chi connectivity index (χ1v) is 5.26. The van der Waals surface area contributed by atoms with Gasteiger partial charge in [0, 0.05) is 11.4 Å². The lowest BCUT2D eigenvalue weighted by Crippen LogP contribution is -2.22. The van der Waals surface area contributed by atoms with Gasteiger partial charge in [-0.05, 0) is 24.6 Å². The van der Waals surface area contributed by atoms with E-state index in [1.54, 1.807) is 6.92 Å². The Kier molecular flexibility index (Phi) is 3.98. The molecule has 76 valence electrons. The highest BCUT2D eigenvalue weighted by molar-refractivity contribution is 8.00. The second-order valence-corrected chi connectivity index (χ2v) is 4.42. The molecule has 0 aliphatic heterocycles. The van der Waals surface area contributed by atoms with E-state index in [4.69, 9.17) is 11.5 Å². The zero-order valence-corrected chi connectivity index (χ0v) is 8.88. The van der Waals surface area contributed by atoms with E-state index in [1.807, 2.05) is 24.3 Å². The van der Waals surface area contributed by atoms with Crippen molar-refractivity contribution >= 4 is 17.7 Å². The molecule has 0 radical (unpaired) electrons. The molecule has 1 atom stereocenters. The van der Waals surface area contributed by atoms with Crippen molar-refractivity contribution in [1.29, 1.82) is 0 Å². The van der Waals surface area contributed by atoms with Crippen molar-refractivity contribution in [2.75, 3.05) is 0 Å². The molecular weight excluding hydrogens is 196 g/mol. The summed E-state index contributed by atoms with van der Waals surface area (Å²) in [5.41, 5.74) is 11.7. The highest BCUT2D eigenvalue weighted by Gasteiger charge is 2.09. The van der Waals surface area contributed by atoms with Gasteiger partial charge in [0.05, 0.1) is 5.25 Å². The topological polar surface area (TPSA) is 69.1 Å². The van der Waals surface area contributed by atoms with Crippen molar-refractivity contribution in [2.45, 2.75) is 23.6 Å². The molecule has 0 heterocycles. The van der Waals surface area contributed by atoms with Crippen LogP contribution in [0.4, 0.5) is 0 Å². The van der Waals surface area contributed by atoms with Crippen LogP contribution < -0.4 is 11.5 Å². The standard InChI is InChI=1S/C10H14N2OS/c1-7(10(12)13)14-9-4-2-8(6-11)3-5-9/h2-5,7H,6,11H2,1H3,(H2,12,13). The minimum absolute atomic E-state index is 0.196. The summed E-state index contributed by atoms with van der Waals surface area (Å²) in [6.45, 7) is 2.33. The van der Waals surface area contributed by atoms with Gasteiger partial charge in [-0.25, -0.2) is 0 Å². The van der Waals surface area contributed by atoms with Crippen LogP contribution >= 0.6 is 11.8 Å². The second-order valence-electron chi connectivity index (χ2n) is 3.01. The molecule has 0 saturated carbocycles. The van der Waals surface area contributed by atoms with Gasteiger partial charge < -0.3 is 11.5 Å². The number of hydrogen-bond donors (Lipinski definition) is 2. The molecule has 0 spiro atoms. The number of thioether (sulfide) groups is 1. The maximum atomic E-state index is 10.8. The smallest absolute Gasteiger partial charge is 0.230 e. The summed E-state index contributed by atoms with van der Waals surface area (Å²) < 4.78 is 0. The van der Waals surface area contributed by atoms with E-state index in [2.05, 4.69) is 0 Å². The van der Waals surface area contributed by atoms with Crippen LogP contribution in [0.2, 0.25) is 0 Å². The van der Waals surface area contributed by atoms with Crippen LogP contribution in [0.5, 0.6) is 0 Å². The Balaban J connectivity index is 2.64. The number of rotatable bonds is 4. The average molecular weight is 210 g/mol. The van der Waals surface area contributed by atoms with Gasteiger partial charge in [-0.2, -0.15) is 0 Å². The monoisotopic (exact) mass is 210 g/mol. The number of carbonyl (C=O) groups is 1. The maximum Gasteiger partial charge on any atom is 0.230 e. The fourth-order valence-corrected chi connectivity index (χ4v) is 1.78. The molecular formula is C10H14N2OS. The molecule has 0 saturated heterocycles. The van der Waals surface area contributed by atoms with Crippen LogP contribution in [0, 0.1) is 0 Å². The molecule has 3 nitrogen and oxygen atoms in total. The highest BCUT2D eigenvalue weighted by atomic mass is 32.2. The zero-order valence-electron chi connectivity index (χ0n) is 8.07. The van der Waals surface area contributed by atoms with E-state index in [9.17, 15) is 4.79 Å². The van der Waals surface area contributed by atoms with Gasteiger partial charge in [0.15, 0.2) is 0 Å². The largest absolute Gasteiger partial charge is 0.369 e. The quantitative estimate of drug-likeness (QED) is 0.731. The molecule has 0 aromatic heterocycles. The number of hydrogen-bond acceptors (Lipinski definition) is 3. The lowest BCUT2D eigenvalue weighted by atomic mass is 10.2. The molecule has 1 amide bonds. The first-order valence-electron chi connectivity index (χ1n) is 4.38. The number of benzene rings is 1. The number of nitrogens with two attached hydrogens (primary N) is 2. The van der Waals surface area contributed by atoms with Gasteiger partial charge in [-0.15, -0.1) is 11.8 Å². The molecule has 1 rings (SSSR count). The Hall–Kier alpha value is -1.00. The Morgan fingerprint density at radius 3 is 2.43 bits per heavy atom. The minimum atomic E-state index is -0.294. The summed E-state index contributed by atoms with van der Waals surface area (Å²) in [4.78, 5) is 11.8. The predicted molar refractivity (Wildman–Crippen MR) is 58.8 cm³/mol. The van der Waals surface area contributed by atoms with E-state index >= 15 is 0 Å². The van der Waals surface area contributed by atoms with E-state index < -0.39 is 0 Å². The number of carbonyl (C=O) groups excluding carboxylic acids is 1. The normalized spacial score (nSPS) is 12.4. The van der Waals surface area contributed by atoms with Crippen molar-refractivity contribution in [3.05, 3.63) is 29.8 Å². The Bertz CT molecular complexity index is 310. The summed E-state index contributed by atoms with van der Waals surface area (Å²) >= 11 is 1.46. The minimum Gasteiger partial charge on any atom is -0.369 e. The fraction of sp³-hybridized carbons (Fsp3) is 0.300. The lowest BCUT2D eigenvalue weighted by Gasteiger charge is -2.06. The Morgan fingerprint density at radius 1 is 1.43 bits per heavy atom. The molecule has 14 heavy (non-hydrogen) atoms. The third-order valence-electron chi connectivity index (χ3n) is 1.87. The molecule has 1 unspecified atom stereocenters. The van der Waals surface area contributed by atoms with Crippen molar-refractivity contribution in [3.63, 3.8) is 0 Å². The third-order valence-corrected chi connectivity index (χ3v) is 3.00. The Morgan fingerprint density at radius 2 is 2.00 bits per heavy atom. The van der Waals surface area contributed by atoms with Crippen molar-refractivity contribution in [3.8, 4) is 0 Å². The molecule has 1 aromatic carbocycles. The lowest BCUT2D eigenvalue weighted by molar-refractivity contribution is -0.117. The number of amides is 1. The van der Waals surface area contributed by atoms with Crippen LogP contribution in [-0.2, 0) is 11.3 Å². The van der Waals surface area contributed by atoms with Gasteiger partial charge in [0.2, 0.25) is 5.91 Å². The molecule has 4 heteroatoms. The van der Waals surface area contributed by atoms with Crippen molar-refractivity contribution in [1.82, 2.24) is 0 Å².